The summed E-state index contributed by atoms with van der Waals surface area (Å²) in [4.78, 5) is 45.0. The van der Waals surface area contributed by atoms with Gasteiger partial charge in [0.2, 0.25) is 0 Å². The molecule has 2 aromatic carbocycles. The lowest BCUT2D eigenvalue weighted by atomic mass is 9.89. The van der Waals surface area contributed by atoms with E-state index in [1.165, 1.54) is 12.1 Å². The van der Waals surface area contributed by atoms with Crippen LogP contribution >= 0.6 is 11.3 Å². The Morgan fingerprint density at radius 1 is 0.978 bits per heavy atom. The van der Waals surface area contributed by atoms with Crippen LogP contribution < -0.4 is 21.1 Å². The zero-order chi connectivity index (χ0) is 33.1. The van der Waals surface area contributed by atoms with Crippen LogP contribution in [0, 0.1) is 0 Å². The molecule has 1 aliphatic heterocycles. The number of hydrogen-bond donors (Lipinski definition) is 4. The first-order valence-electron chi connectivity index (χ1n) is 15.6. The third-order valence-electron chi connectivity index (χ3n) is 8.12. The molecule has 3 heterocycles. The van der Waals surface area contributed by atoms with E-state index in [-0.39, 0.29) is 34.4 Å². The van der Waals surface area contributed by atoms with Gasteiger partial charge in [0.25, 0.3) is 11.8 Å². The predicted molar refractivity (Wildman–Crippen MR) is 182 cm³/mol. The van der Waals surface area contributed by atoms with Crippen LogP contribution in [-0.4, -0.2) is 41.0 Å². The van der Waals surface area contributed by atoms with Crippen molar-refractivity contribution in [3.05, 3.63) is 87.0 Å². The van der Waals surface area contributed by atoms with Crippen molar-refractivity contribution in [3.8, 4) is 27.3 Å². The van der Waals surface area contributed by atoms with Crippen LogP contribution in [0.2, 0.25) is 0 Å². The molecule has 46 heavy (non-hydrogen) atoms. The van der Waals surface area contributed by atoms with Crippen molar-refractivity contribution >= 4 is 34.8 Å². The van der Waals surface area contributed by atoms with Gasteiger partial charge < -0.3 is 26.2 Å². The van der Waals surface area contributed by atoms with E-state index in [4.69, 9.17) is 10.5 Å². The number of carboxylic acids is 1. The molecule has 5 N–H and O–H groups in total. The molecule has 2 aromatic heterocycles. The number of nitrogens with two attached hydrogens (primary N) is 1. The lowest BCUT2D eigenvalue weighted by Crippen LogP contribution is -2.25. The third kappa shape index (κ3) is 6.54. The summed E-state index contributed by atoms with van der Waals surface area (Å²) in [6.07, 6.45) is 1.43. The highest BCUT2D eigenvalue weighted by Crippen LogP contribution is 2.44. The number of hydrogen-bond acceptors (Lipinski definition) is 7. The van der Waals surface area contributed by atoms with E-state index in [9.17, 15) is 19.5 Å². The molecular weight excluding hydrogens is 600 g/mol. The minimum atomic E-state index is -1.32. The maximum absolute atomic E-state index is 14.5. The number of amides is 2. The molecule has 4 aromatic rings. The van der Waals surface area contributed by atoms with E-state index in [2.05, 4.69) is 49.4 Å². The van der Waals surface area contributed by atoms with Gasteiger partial charge in [-0.2, -0.15) is 0 Å². The highest BCUT2D eigenvalue weighted by molar-refractivity contribution is 7.13. The molecule has 0 radical (unpaired) electrons. The molecule has 9 nitrogen and oxygen atoms in total. The first-order chi connectivity index (χ1) is 22.0. The van der Waals surface area contributed by atoms with E-state index in [1.54, 1.807) is 23.5 Å². The smallest absolute Gasteiger partial charge is 0.355 e. The fourth-order valence-electron chi connectivity index (χ4n) is 5.73. The topological polar surface area (TPSA) is 144 Å². The molecule has 1 aliphatic rings. The van der Waals surface area contributed by atoms with Gasteiger partial charge in [0, 0.05) is 52.3 Å². The third-order valence-corrected chi connectivity index (χ3v) is 9.11. The zero-order valence-corrected chi connectivity index (χ0v) is 27.6. The molecule has 0 bridgehead atoms. The largest absolute Gasteiger partial charge is 0.493 e. The Bertz CT molecular complexity index is 1780. The maximum atomic E-state index is 14.5. The Hall–Kier alpha value is -4.54. The summed E-state index contributed by atoms with van der Waals surface area (Å²) in [5.41, 5.74) is 12.0. The van der Waals surface area contributed by atoms with Gasteiger partial charge in [0.05, 0.1) is 6.61 Å². The minimum absolute atomic E-state index is 0.0158. The summed E-state index contributed by atoms with van der Waals surface area (Å²) in [5, 5.41) is 18.2. The second-order valence-electron chi connectivity index (χ2n) is 12.0. The molecule has 0 saturated carbocycles. The number of anilines is 1. The highest BCUT2D eigenvalue weighted by Gasteiger charge is 2.28. The summed E-state index contributed by atoms with van der Waals surface area (Å²) >= 11 is 1.57. The van der Waals surface area contributed by atoms with Gasteiger partial charge in [-0.25, -0.2) is 9.78 Å². The molecule has 0 unspecified atom stereocenters. The molecule has 10 heteroatoms. The van der Waals surface area contributed by atoms with E-state index in [0.29, 0.717) is 37.4 Å². The minimum Gasteiger partial charge on any atom is -0.493 e. The summed E-state index contributed by atoms with van der Waals surface area (Å²) in [5.74, 6) is -1.43. The molecule has 0 fully saturated rings. The Labute approximate surface area is 273 Å². The number of aromatic carboxylic acids is 1. The predicted octanol–water partition coefficient (Wildman–Crippen LogP) is 7.21. The van der Waals surface area contributed by atoms with Gasteiger partial charge >= 0.3 is 5.97 Å². The molecular formula is C36H40N4O5S. The van der Waals surface area contributed by atoms with Crippen molar-refractivity contribution in [2.45, 2.75) is 65.8 Å². The van der Waals surface area contributed by atoms with Gasteiger partial charge in [-0.3, -0.25) is 9.59 Å². The fourth-order valence-corrected chi connectivity index (χ4v) is 6.70. The van der Waals surface area contributed by atoms with Gasteiger partial charge in [-0.05, 0) is 76.2 Å². The summed E-state index contributed by atoms with van der Waals surface area (Å²) in [6, 6.07) is 12.7. The summed E-state index contributed by atoms with van der Waals surface area (Å²) in [6.45, 7) is 11.5. The van der Waals surface area contributed by atoms with Crippen molar-refractivity contribution in [2.75, 3.05) is 18.5 Å². The quantitative estimate of drug-likeness (QED) is 0.143. The number of aromatic nitrogens is 1. The Morgan fingerprint density at radius 2 is 1.70 bits per heavy atom. The van der Waals surface area contributed by atoms with Crippen LogP contribution in [0.5, 0.6) is 5.75 Å². The van der Waals surface area contributed by atoms with Crippen LogP contribution in [0.3, 0.4) is 0 Å². The first kappa shape index (κ1) is 32.8. The Balaban J connectivity index is 1.72. The maximum Gasteiger partial charge on any atom is 0.355 e. The van der Waals surface area contributed by atoms with E-state index in [1.807, 2.05) is 24.4 Å². The lowest BCUT2D eigenvalue weighted by molar-refractivity contribution is 0.0691. The van der Waals surface area contributed by atoms with Crippen LogP contribution in [0.4, 0.5) is 5.69 Å². The molecule has 2 amide bonds. The average Bonchev–Trinajstić information content (AvgIpc) is 3.44. The van der Waals surface area contributed by atoms with Crippen molar-refractivity contribution < 1.29 is 24.2 Å². The van der Waals surface area contributed by atoms with Gasteiger partial charge in [-0.15, -0.1) is 11.3 Å². The number of thiophene rings is 1. The molecule has 0 atom stereocenters. The van der Waals surface area contributed by atoms with Gasteiger partial charge in [0.1, 0.15) is 11.4 Å². The highest BCUT2D eigenvalue weighted by atomic mass is 32.1. The SMILES string of the molecule is CCCNC(=O)c1ccc(-c2cc3c(cc2C(=O)Nc2c(C(C)C)cc(CN)cc2C(C)C)-c2sccc2CCO3)c(C(=O)O)n1. The number of fused-ring (bicyclic) bond motifs is 3. The standard InChI is InChI=1S/C36H40N4O5S/c1-6-11-38-35(42)29-8-7-23(32(39-29)36(43)44)26-17-30-28(33-22(9-12-45-30)10-13-46-33)16-27(26)34(41)40-31-24(19(2)3)14-21(18-37)15-25(31)20(4)5/h7-8,10,13-17,19-20H,6,9,11-12,18,37H2,1-5H3,(H,38,42)(H,40,41)(H,43,44). The normalized spacial score (nSPS) is 12.3. The van der Waals surface area contributed by atoms with Gasteiger partial charge in [-0.1, -0.05) is 46.8 Å². The van der Waals surface area contributed by atoms with Gasteiger partial charge in [0.15, 0.2) is 5.69 Å². The van der Waals surface area contributed by atoms with Crippen LogP contribution in [0.1, 0.15) is 106 Å². The van der Waals surface area contributed by atoms with Crippen LogP contribution in [-0.2, 0) is 13.0 Å². The number of carboxylic acid groups (broad SMARTS) is 1. The average molecular weight is 641 g/mol. The number of carbonyl (C=O) groups is 3. The van der Waals surface area contributed by atoms with E-state index >= 15 is 0 Å². The summed E-state index contributed by atoms with van der Waals surface area (Å²) < 4.78 is 6.17. The van der Waals surface area contributed by atoms with Crippen molar-refractivity contribution in [2.24, 2.45) is 5.73 Å². The second kappa shape index (κ2) is 13.8. The first-order valence-corrected chi connectivity index (χ1v) is 16.5. The number of ether oxygens (including phenoxy) is 1. The summed E-state index contributed by atoms with van der Waals surface area (Å²) in [7, 11) is 0. The molecule has 5 rings (SSSR count). The number of nitrogens with zero attached hydrogens (tertiary/aromatic N) is 1. The number of rotatable bonds is 10. The molecule has 240 valence electrons. The molecule has 0 saturated heterocycles. The Morgan fingerprint density at radius 3 is 2.33 bits per heavy atom. The monoisotopic (exact) mass is 640 g/mol. The van der Waals surface area contributed by atoms with E-state index in [0.717, 1.165) is 44.8 Å². The lowest BCUT2D eigenvalue weighted by Gasteiger charge is -2.23. The number of benzene rings is 2. The van der Waals surface area contributed by atoms with Crippen molar-refractivity contribution in [1.82, 2.24) is 10.3 Å². The molecule has 0 spiro atoms. The number of pyridine rings is 1. The van der Waals surface area contributed by atoms with E-state index < -0.39 is 17.8 Å². The number of carbonyl (C=O) groups excluding carboxylic acids is 2. The molecule has 0 aliphatic carbocycles. The van der Waals surface area contributed by atoms with Crippen LogP contribution in [0.25, 0.3) is 21.6 Å². The van der Waals surface area contributed by atoms with Crippen molar-refractivity contribution in [1.29, 1.82) is 0 Å². The Kier molecular flexibility index (Phi) is 9.88. The zero-order valence-electron chi connectivity index (χ0n) is 26.8. The second-order valence-corrected chi connectivity index (χ2v) is 13.0. The van der Waals surface area contributed by atoms with Crippen LogP contribution in [0.15, 0.2) is 47.8 Å². The van der Waals surface area contributed by atoms with Crippen molar-refractivity contribution in [3.63, 3.8) is 0 Å². The number of nitrogens with one attached hydrogen (secondary N) is 2. The fraction of sp³-hybridized carbons (Fsp3) is 0.333.